The monoisotopic (exact) mass is 725 g/mol. The van der Waals surface area contributed by atoms with E-state index in [1.807, 2.05) is 4.90 Å². The second-order valence-corrected chi connectivity index (χ2v) is 12.5. The molecule has 1 unspecified atom stereocenters. The van der Waals surface area contributed by atoms with Crippen LogP contribution < -0.4 is 20.6 Å². The number of rotatable bonds is 9. The Balaban J connectivity index is 1.20. The lowest BCUT2D eigenvalue weighted by atomic mass is 9.89. The van der Waals surface area contributed by atoms with Crippen LogP contribution in [-0.2, 0) is 28.9 Å². The molecule has 2 aliphatic rings. The van der Waals surface area contributed by atoms with Gasteiger partial charge in [0.05, 0.1) is 41.2 Å². The Morgan fingerprint density at radius 1 is 0.962 bits per heavy atom. The number of pyridine rings is 1. The fourth-order valence-electron chi connectivity index (χ4n) is 6.52. The zero-order chi connectivity index (χ0) is 37.0. The number of aromatic amines is 2. The Morgan fingerprint density at radius 2 is 1.69 bits per heavy atom. The number of anilines is 2. The van der Waals surface area contributed by atoms with Gasteiger partial charge in [-0.2, -0.15) is 13.2 Å². The predicted octanol–water partition coefficient (Wildman–Crippen LogP) is 3.88. The van der Waals surface area contributed by atoms with Gasteiger partial charge in [-0.1, -0.05) is 12.1 Å². The maximum atomic E-state index is 14.5. The van der Waals surface area contributed by atoms with Gasteiger partial charge in [0.25, 0.3) is 11.8 Å². The molecule has 0 aliphatic carbocycles. The Hall–Kier alpha value is -5.87. The molecule has 0 bridgehead atoms. The first-order chi connectivity index (χ1) is 24.9. The van der Waals surface area contributed by atoms with Crippen LogP contribution in [-0.4, -0.2) is 92.4 Å². The molecule has 6 rings (SSSR count). The first-order valence-electron chi connectivity index (χ1n) is 16.4. The molecule has 274 valence electrons. The van der Waals surface area contributed by atoms with Crippen molar-refractivity contribution in [2.45, 2.75) is 37.7 Å². The number of carbonyl (C=O) groups excluding carboxylic acids is 3. The third-order valence-electron chi connectivity index (χ3n) is 9.12. The molecule has 17 heteroatoms. The summed E-state index contributed by atoms with van der Waals surface area (Å²) < 4.78 is 60.0. The number of imidazole rings is 1. The van der Waals surface area contributed by atoms with Crippen molar-refractivity contribution in [1.29, 1.82) is 0 Å². The molecule has 52 heavy (non-hydrogen) atoms. The smallest absolute Gasteiger partial charge is 0.416 e. The number of aromatic nitrogens is 3. The molecule has 4 heterocycles. The van der Waals surface area contributed by atoms with E-state index < -0.39 is 53.3 Å². The minimum absolute atomic E-state index is 0.0156. The van der Waals surface area contributed by atoms with E-state index in [1.165, 1.54) is 23.4 Å². The Labute approximate surface area is 294 Å². The van der Waals surface area contributed by atoms with Gasteiger partial charge in [-0.05, 0) is 60.9 Å². The van der Waals surface area contributed by atoms with E-state index in [0.717, 1.165) is 24.3 Å². The molecule has 13 nitrogen and oxygen atoms in total. The Kier molecular flexibility index (Phi) is 10.2. The molecule has 4 aromatic rings. The highest BCUT2D eigenvalue weighted by Crippen LogP contribution is 2.35. The number of halogens is 4. The number of ether oxygens (including phenoxy) is 1. The van der Waals surface area contributed by atoms with Crippen LogP contribution in [0.5, 0.6) is 11.6 Å². The summed E-state index contributed by atoms with van der Waals surface area (Å²) in [6, 6.07) is 12.4. The average Bonchev–Trinajstić information content (AvgIpc) is 3.46. The lowest BCUT2D eigenvalue weighted by molar-refractivity contribution is -0.153. The fourth-order valence-corrected chi connectivity index (χ4v) is 6.52. The Bertz CT molecular complexity index is 1990. The van der Waals surface area contributed by atoms with Crippen molar-refractivity contribution < 1.29 is 41.8 Å². The summed E-state index contributed by atoms with van der Waals surface area (Å²) >= 11 is 0. The van der Waals surface area contributed by atoms with E-state index in [2.05, 4.69) is 20.3 Å². The number of nitrogens with one attached hydrogen (secondary N) is 3. The zero-order valence-corrected chi connectivity index (χ0v) is 27.7. The number of H-pyrrole nitrogens is 2. The number of aromatic hydroxyl groups is 1. The van der Waals surface area contributed by atoms with Crippen molar-refractivity contribution in [1.82, 2.24) is 24.8 Å². The third-order valence-corrected chi connectivity index (χ3v) is 9.12. The number of piperidine rings is 1. The second-order valence-electron chi connectivity index (χ2n) is 12.5. The van der Waals surface area contributed by atoms with Crippen LogP contribution in [0.3, 0.4) is 0 Å². The number of nitrogens with zero attached hydrogens (tertiary/aromatic N) is 4. The zero-order valence-electron chi connectivity index (χ0n) is 27.7. The van der Waals surface area contributed by atoms with Crippen molar-refractivity contribution in [3.05, 3.63) is 99.9 Å². The van der Waals surface area contributed by atoms with Gasteiger partial charge in [-0.3, -0.25) is 24.4 Å². The summed E-state index contributed by atoms with van der Waals surface area (Å²) in [5.41, 5.74) is -1.85. The van der Waals surface area contributed by atoms with Gasteiger partial charge in [0, 0.05) is 45.1 Å². The SMILES string of the molecule is O=C(Cc1[nH]c(=O)[nH]c1O)Nc1ccccc1N1CCN(C(=O)C2(Oc3ccc(C(F)(F)F)cc3)CCCN(C(=O)c3cnccc3CF)C2)CC1. The first kappa shape index (κ1) is 35.9. The molecular formula is C35H35F4N7O6. The molecule has 2 saturated heterocycles. The summed E-state index contributed by atoms with van der Waals surface area (Å²) in [6.45, 7) is 0.182. The summed E-state index contributed by atoms with van der Waals surface area (Å²) in [5.74, 6) is -1.91. The van der Waals surface area contributed by atoms with Crippen LogP contribution in [0.15, 0.2) is 71.8 Å². The number of alkyl halides is 4. The highest BCUT2D eigenvalue weighted by atomic mass is 19.4. The molecule has 0 radical (unpaired) electrons. The van der Waals surface area contributed by atoms with Crippen molar-refractivity contribution in [3.8, 4) is 11.6 Å². The van der Waals surface area contributed by atoms with Crippen molar-refractivity contribution in [2.24, 2.45) is 0 Å². The number of amides is 3. The van der Waals surface area contributed by atoms with Crippen LogP contribution in [0.4, 0.5) is 28.9 Å². The molecule has 0 saturated carbocycles. The van der Waals surface area contributed by atoms with Gasteiger partial charge in [-0.25, -0.2) is 9.18 Å². The standard InChI is InChI=1S/C35H35F4N7O6/c36-19-22-10-12-40-20-25(22)31(49)46-13-3-11-34(21-46,52-24-8-6-23(7-9-24)35(37,38)39)32(50)45-16-14-44(15-17-45)28-5-2-1-4-26(28)41-29(47)18-27-30(48)43-33(51)42-27/h1-2,4-10,12,20,48H,3,11,13-19,21H2,(H,41,47)(H2,42,43,51). The lowest BCUT2D eigenvalue weighted by Crippen LogP contribution is -2.64. The van der Waals surface area contributed by atoms with Crippen LogP contribution in [0.1, 0.15) is 40.0 Å². The molecule has 3 amide bonds. The van der Waals surface area contributed by atoms with E-state index in [9.17, 15) is 41.8 Å². The molecular weight excluding hydrogens is 690 g/mol. The van der Waals surface area contributed by atoms with E-state index in [4.69, 9.17) is 4.74 Å². The van der Waals surface area contributed by atoms with Crippen molar-refractivity contribution >= 4 is 29.1 Å². The van der Waals surface area contributed by atoms with Crippen LogP contribution in [0, 0.1) is 0 Å². The second kappa shape index (κ2) is 14.8. The average molecular weight is 726 g/mol. The Morgan fingerprint density at radius 3 is 2.37 bits per heavy atom. The van der Waals surface area contributed by atoms with E-state index >= 15 is 0 Å². The first-order valence-corrected chi connectivity index (χ1v) is 16.4. The number of hydrogen-bond acceptors (Lipinski definition) is 8. The maximum Gasteiger partial charge on any atom is 0.416 e. The van der Waals surface area contributed by atoms with Gasteiger partial charge in [0.15, 0.2) is 0 Å². The number of benzene rings is 2. The van der Waals surface area contributed by atoms with Crippen LogP contribution in [0.2, 0.25) is 0 Å². The number of carbonyl (C=O) groups is 3. The van der Waals surface area contributed by atoms with Gasteiger partial charge < -0.3 is 34.8 Å². The molecule has 2 aliphatic heterocycles. The topological polar surface area (TPSA) is 164 Å². The molecule has 2 fully saturated rings. The quantitative estimate of drug-likeness (QED) is 0.189. The lowest BCUT2D eigenvalue weighted by Gasteiger charge is -2.45. The number of likely N-dealkylation sites (tertiary alicyclic amines) is 1. The fraction of sp³-hybridized carbons (Fsp3) is 0.343. The number of para-hydroxylation sites is 2. The molecule has 2 aromatic heterocycles. The summed E-state index contributed by atoms with van der Waals surface area (Å²) in [4.78, 5) is 65.8. The van der Waals surface area contributed by atoms with Crippen molar-refractivity contribution in [2.75, 3.05) is 49.5 Å². The number of piperazine rings is 1. The number of hydrogen-bond donors (Lipinski definition) is 4. The highest BCUT2D eigenvalue weighted by molar-refractivity contribution is 5.97. The molecule has 0 spiro atoms. The van der Waals surface area contributed by atoms with E-state index in [-0.39, 0.29) is 61.6 Å². The summed E-state index contributed by atoms with van der Waals surface area (Å²) in [5, 5.41) is 12.6. The van der Waals surface area contributed by atoms with Crippen LogP contribution in [0.25, 0.3) is 0 Å². The molecule has 2 aromatic carbocycles. The summed E-state index contributed by atoms with van der Waals surface area (Å²) in [6.07, 6.45) is -1.76. The minimum Gasteiger partial charge on any atom is -0.493 e. The van der Waals surface area contributed by atoms with Crippen molar-refractivity contribution in [3.63, 3.8) is 0 Å². The van der Waals surface area contributed by atoms with Gasteiger partial charge in [0.1, 0.15) is 12.4 Å². The highest BCUT2D eigenvalue weighted by Gasteiger charge is 2.49. The third kappa shape index (κ3) is 7.72. The van der Waals surface area contributed by atoms with Crippen LogP contribution >= 0.6 is 0 Å². The van der Waals surface area contributed by atoms with Gasteiger partial charge in [-0.15, -0.1) is 0 Å². The normalized spacial score (nSPS) is 17.9. The van der Waals surface area contributed by atoms with E-state index in [1.54, 1.807) is 29.2 Å². The van der Waals surface area contributed by atoms with Gasteiger partial charge in [0.2, 0.25) is 17.4 Å². The van der Waals surface area contributed by atoms with Gasteiger partial charge >= 0.3 is 11.9 Å². The maximum absolute atomic E-state index is 14.5. The predicted molar refractivity (Wildman–Crippen MR) is 180 cm³/mol. The minimum atomic E-state index is -4.58. The summed E-state index contributed by atoms with van der Waals surface area (Å²) in [7, 11) is 0. The largest absolute Gasteiger partial charge is 0.493 e. The molecule has 1 atom stereocenters. The van der Waals surface area contributed by atoms with E-state index in [0.29, 0.717) is 30.9 Å². The molecule has 4 N–H and O–H groups in total.